The summed E-state index contributed by atoms with van der Waals surface area (Å²) in [4.78, 5) is 43.8. The summed E-state index contributed by atoms with van der Waals surface area (Å²) in [5.74, 6) is 0.359. The van der Waals surface area contributed by atoms with E-state index < -0.39 is 0 Å². The second-order valence-electron chi connectivity index (χ2n) is 8.75. The van der Waals surface area contributed by atoms with Gasteiger partial charge in [-0.05, 0) is 30.0 Å². The second-order valence-corrected chi connectivity index (χ2v) is 8.75. The van der Waals surface area contributed by atoms with Crippen molar-refractivity contribution in [3.63, 3.8) is 0 Å². The molecule has 0 spiro atoms. The molecule has 2 aliphatic heterocycles. The van der Waals surface area contributed by atoms with E-state index >= 15 is 0 Å². The number of rotatable bonds is 4. The maximum absolute atomic E-state index is 13.0. The molecule has 1 aliphatic carbocycles. The predicted molar refractivity (Wildman–Crippen MR) is 117 cm³/mol. The van der Waals surface area contributed by atoms with Crippen molar-refractivity contribution in [2.75, 3.05) is 37.6 Å². The Morgan fingerprint density at radius 2 is 1.35 bits per heavy atom. The third-order valence-corrected chi connectivity index (χ3v) is 6.78. The van der Waals surface area contributed by atoms with Gasteiger partial charge in [-0.2, -0.15) is 0 Å². The Morgan fingerprint density at radius 3 is 2.00 bits per heavy atom. The molecule has 2 heterocycles. The lowest BCUT2D eigenvalue weighted by Crippen LogP contribution is -2.52. The van der Waals surface area contributed by atoms with Crippen molar-refractivity contribution >= 4 is 23.4 Å². The predicted octanol–water partition coefficient (Wildman–Crippen LogP) is 2.51. The van der Waals surface area contributed by atoms with Crippen LogP contribution in [0, 0.1) is 11.8 Å². The van der Waals surface area contributed by atoms with Crippen molar-refractivity contribution in [1.29, 1.82) is 0 Å². The molecule has 3 aliphatic rings. The molecular formula is C25H27N3O3. The van der Waals surface area contributed by atoms with E-state index in [4.69, 9.17) is 0 Å². The Labute approximate surface area is 182 Å². The van der Waals surface area contributed by atoms with Crippen LogP contribution < -0.4 is 4.90 Å². The van der Waals surface area contributed by atoms with Gasteiger partial charge in [0.15, 0.2) is 0 Å². The largest absolute Gasteiger partial charge is 0.339 e. The number of hydrogen-bond donors (Lipinski definition) is 0. The summed E-state index contributed by atoms with van der Waals surface area (Å²) >= 11 is 0. The van der Waals surface area contributed by atoms with Gasteiger partial charge < -0.3 is 14.7 Å². The minimum absolute atomic E-state index is 0.000879. The summed E-state index contributed by atoms with van der Waals surface area (Å²) in [5.41, 5.74) is 2.08. The van der Waals surface area contributed by atoms with Crippen LogP contribution in [-0.4, -0.2) is 60.2 Å². The number of hydrogen-bond acceptors (Lipinski definition) is 3. The second kappa shape index (κ2) is 8.17. The van der Waals surface area contributed by atoms with Crippen LogP contribution >= 0.6 is 0 Å². The molecule has 2 saturated heterocycles. The van der Waals surface area contributed by atoms with Crippen LogP contribution in [0.4, 0.5) is 5.69 Å². The monoisotopic (exact) mass is 417 g/mol. The normalized spacial score (nSPS) is 25.6. The zero-order valence-corrected chi connectivity index (χ0v) is 17.5. The van der Waals surface area contributed by atoms with Gasteiger partial charge in [0, 0.05) is 50.7 Å². The highest BCUT2D eigenvalue weighted by atomic mass is 16.2. The molecule has 0 bridgehead atoms. The molecule has 3 fully saturated rings. The molecule has 6 nitrogen and oxygen atoms in total. The molecule has 3 atom stereocenters. The van der Waals surface area contributed by atoms with Crippen LogP contribution in [0.25, 0.3) is 0 Å². The summed E-state index contributed by atoms with van der Waals surface area (Å²) < 4.78 is 0. The van der Waals surface area contributed by atoms with Crippen LogP contribution in [0.5, 0.6) is 0 Å². The van der Waals surface area contributed by atoms with Gasteiger partial charge in [0.1, 0.15) is 0 Å². The fraction of sp³-hybridized carbons (Fsp3) is 0.400. The third-order valence-electron chi connectivity index (χ3n) is 6.78. The van der Waals surface area contributed by atoms with Gasteiger partial charge in [-0.25, -0.2) is 0 Å². The molecule has 2 aromatic carbocycles. The molecular weight excluding hydrogens is 390 g/mol. The minimum atomic E-state index is -0.305. The Hall–Kier alpha value is -3.15. The molecule has 1 saturated carbocycles. The lowest BCUT2D eigenvalue weighted by molar-refractivity contribution is -0.142. The van der Waals surface area contributed by atoms with Crippen molar-refractivity contribution in [3.8, 4) is 0 Å². The van der Waals surface area contributed by atoms with Crippen LogP contribution in [0.2, 0.25) is 0 Å². The highest BCUT2D eigenvalue weighted by Gasteiger charge is 2.46. The standard InChI is InChI=1S/C25H27N3O3/c29-23-15-19(17-28(23)20-9-5-2-6-10-20)24(30)26-11-13-27(14-12-26)25(31)22-16-21(22)18-7-3-1-4-8-18/h1-10,19,21-22H,11-17H2. The Morgan fingerprint density at radius 1 is 0.774 bits per heavy atom. The van der Waals surface area contributed by atoms with Gasteiger partial charge in [0.2, 0.25) is 17.7 Å². The summed E-state index contributed by atoms with van der Waals surface area (Å²) in [6.07, 6.45) is 1.18. The van der Waals surface area contributed by atoms with Crippen molar-refractivity contribution in [2.45, 2.75) is 18.8 Å². The molecule has 160 valence electrons. The molecule has 6 heteroatoms. The van der Waals surface area contributed by atoms with E-state index in [-0.39, 0.29) is 36.0 Å². The summed E-state index contributed by atoms with van der Waals surface area (Å²) in [5, 5.41) is 0. The van der Waals surface area contributed by atoms with Crippen LogP contribution in [0.3, 0.4) is 0 Å². The topological polar surface area (TPSA) is 60.9 Å². The first-order chi connectivity index (χ1) is 15.1. The van der Waals surface area contributed by atoms with E-state index in [1.54, 1.807) is 4.90 Å². The van der Waals surface area contributed by atoms with Crippen LogP contribution in [0.1, 0.15) is 24.3 Å². The van der Waals surface area contributed by atoms with Crippen LogP contribution in [0.15, 0.2) is 60.7 Å². The quantitative estimate of drug-likeness (QED) is 0.768. The maximum atomic E-state index is 13.0. The van der Waals surface area contributed by atoms with Crippen molar-refractivity contribution < 1.29 is 14.4 Å². The smallest absolute Gasteiger partial charge is 0.228 e. The van der Waals surface area contributed by atoms with E-state index in [1.807, 2.05) is 58.3 Å². The lowest BCUT2D eigenvalue weighted by atomic mass is 10.1. The molecule has 0 aromatic heterocycles. The highest BCUT2D eigenvalue weighted by molar-refractivity contribution is 6.00. The van der Waals surface area contributed by atoms with Gasteiger partial charge in [0.05, 0.1) is 5.92 Å². The first-order valence-corrected chi connectivity index (χ1v) is 11.1. The number of anilines is 1. The fourth-order valence-corrected chi connectivity index (χ4v) is 4.91. The number of piperazine rings is 1. The maximum Gasteiger partial charge on any atom is 0.228 e. The molecule has 31 heavy (non-hydrogen) atoms. The Balaban J connectivity index is 1.14. The number of amides is 3. The average molecular weight is 418 g/mol. The number of benzene rings is 2. The summed E-state index contributed by atoms with van der Waals surface area (Å²) in [6, 6.07) is 19.7. The first kappa shape index (κ1) is 19.8. The SMILES string of the molecule is O=C(C1CC(=O)N(c2ccccc2)C1)N1CCN(C(=O)C2CC2c2ccccc2)CC1. The number of carbonyl (C=O) groups excluding carboxylic acids is 3. The van der Waals surface area contributed by atoms with Crippen molar-refractivity contribution in [3.05, 3.63) is 66.2 Å². The number of carbonyl (C=O) groups is 3. The van der Waals surface area contributed by atoms with Gasteiger partial charge >= 0.3 is 0 Å². The van der Waals surface area contributed by atoms with E-state index in [0.717, 1.165) is 12.1 Å². The van der Waals surface area contributed by atoms with Crippen LogP contribution in [-0.2, 0) is 14.4 Å². The molecule has 3 amide bonds. The Kier molecular flexibility index (Phi) is 5.22. The van der Waals surface area contributed by atoms with Gasteiger partial charge in [-0.3, -0.25) is 14.4 Å². The third kappa shape index (κ3) is 3.94. The van der Waals surface area contributed by atoms with E-state index in [1.165, 1.54) is 5.56 Å². The first-order valence-electron chi connectivity index (χ1n) is 11.1. The molecule has 0 N–H and O–H groups in total. The minimum Gasteiger partial charge on any atom is -0.339 e. The molecule has 3 unspecified atom stereocenters. The van der Waals surface area contributed by atoms with Crippen molar-refractivity contribution in [2.24, 2.45) is 11.8 Å². The number of nitrogens with zero attached hydrogens (tertiary/aromatic N) is 3. The zero-order chi connectivity index (χ0) is 21.4. The van der Waals surface area contributed by atoms with Gasteiger partial charge in [-0.1, -0.05) is 48.5 Å². The van der Waals surface area contributed by atoms with E-state index in [0.29, 0.717) is 38.6 Å². The summed E-state index contributed by atoms with van der Waals surface area (Å²) in [6.45, 7) is 2.67. The van der Waals surface area contributed by atoms with Gasteiger partial charge in [-0.15, -0.1) is 0 Å². The zero-order valence-electron chi connectivity index (χ0n) is 17.5. The van der Waals surface area contributed by atoms with E-state index in [2.05, 4.69) is 12.1 Å². The molecule has 5 rings (SSSR count). The lowest BCUT2D eigenvalue weighted by Gasteiger charge is -2.36. The van der Waals surface area contributed by atoms with E-state index in [9.17, 15) is 14.4 Å². The number of para-hydroxylation sites is 1. The highest BCUT2D eigenvalue weighted by Crippen LogP contribution is 2.48. The summed E-state index contributed by atoms with van der Waals surface area (Å²) in [7, 11) is 0. The van der Waals surface area contributed by atoms with Gasteiger partial charge in [0.25, 0.3) is 0 Å². The van der Waals surface area contributed by atoms with Crippen molar-refractivity contribution in [1.82, 2.24) is 9.80 Å². The molecule has 2 aromatic rings. The Bertz CT molecular complexity index is 970. The average Bonchev–Trinajstić information content (AvgIpc) is 3.54. The molecule has 0 radical (unpaired) electrons. The fourth-order valence-electron chi connectivity index (χ4n) is 4.91.